The summed E-state index contributed by atoms with van der Waals surface area (Å²) in [4.78, 5) is 8.00. The average Bonchev–Trinajstić information content (AvgIpc) is 2.40. The average molecular weight is 393 g/mol. The number of methoxy groups -OCH3 is 1. The Labute approximate surface area is 135 Å². The maximum Gasteiger partial charge on any atom is 0.264 e. The highest BCUT2D eigenvalue weighted by molar-refractivity contribution is 9.10. The summed E-state index contributed by atoms with van der Waals surface area (Å²) in [7, 11) is -2.37. The number of aryl methyl sites for hydroxylation is 1. The lowest BCUT2D eigenvalue weighted by molar-refractivity contribution is 0.397. The molecule has 0 fully saturated rings. The summed E-state index contributed by atoms with van der Waals surface area (Å²) in [5.41, 5.74) is 0.580. The molecule has 0 aliphatic heterocycles. The van der Waals surface area contributed by atoms with Gasteiger partial charge in [-0.1, -0.05) is 11.6 Å². The molecule has 0 saturated carbocycles. The van der Waals surface area contributed by atoms with E-state index in [1.165, 1.54) is 25.3 Å². The molecule has 6 nitrogen and oxygen atoms in total. The Hall–Kier alpha value is -1.38. The second kappa shape index (κ2) is 6.17. The summed E-state index contributed by atoms with van der Waals surface area (Å²) < 4.78 is 32.3. The highest BCUT2D eigenvalue weighted by Gasteiger charge is 2.17. The first-order valence-corrected chi connectivity index (χ1v) is 8.35. The molecular formula is C12H11BrClN3O3S. The second-order valence-corrected chi connectivity index (χ2v) is 7.00. The van der Waals surface area contributed by atoms with Crippen molar-refractivity contribution in [2.24, 2.45) is 0 Å². The van der Waals surface area contributed by atoms with Crippen molar-refractivity contribution in [3.63, 3.8) is 0 Å². The molecule has 1 aromatic carbocycles. The van der Waals surface area contributed by atoms with E-state index in [1.807, 2.05) is 0 Å². The predicted octanol–water partition coefficient (Wildman–Crippen LogP) is 3.01. The minimum absolute atomic E-state index is 0.0443. The quantitative estimate of drug-likeness (QED) is 0.865. The Morgan fingerprint density at radius 2 is 2.00 bits per heavy atom. The van der Waals surface area contributed by atoms with Gasteiger partial charge in [0, 0.05) is 16.2 Å². The molecule has 0 spiro atoms. The SMILES string of the molecule is COc1cc(C)nc(NS(=O)(=O)c2ccc(Cl)c(Br)c2)n1. The van der Waals surface area contributed by atoms with Crippen LogP contribution in [0.1, 0.15) is 5.69 Å². The molecule has 2 aromatic rings. The van der Waals surface area contributed by atoms with Crippen LogP contribution in [0.25, 0.3) is 0 Å². The fourth-order valence-corrected chi connectivity index (χ4v) is 3.13. The van der Waals surface area contributed by atoms with Gasteiger partial charge in [-0.05, 0) is 41.1 Å². The lowest BCUT2D eigenvalue weighted by atomic mass is 10.4. The molecule has 0 aliphatic rings. The van der Waals surface area contributed by atoms with Crippen LogP contribution in [-0.2, 0) is 10.0 Å². The number of nitrogens with zero attached hydrogens (tertiary/aromatic N) is 2. The highest BCUT2D eigenvalue weighted by atomic mass is 79.9. The highest BCUT2D eigenvalue weighted by Crippen LogP contribution is 2.26. The van der Waals surface area contributed by atoms with Crippen LogP contribution in [-0.4, -0.2) is 25.5 Å². The Bertz CT molecular complexity index is 783. The third-order valence-corrected chi connectivity index (χ3v) is 5.01. The van der Waals surface area contributed by atoms with Crippen LogP contribution in [0.4, 0.5) is 5.95 Å². The van der Waals surface area contributed by atoms with Crippen molar-refractivity contribution in [1.82, 2.24) is 9.97 Å². The van der Waals surface area contributed by atoms with Crippen LogP contribution in [0.3, 0.4) is 0 Å². The summed E-state index contributed by atoms with van der Waals surface area (Å²) in [6.45, 7) is 1.71. The van der Waals surface area contributed by atoms with E-state index in [0.29, 0.717) is 15.2 Å². The standard InChI is InChI=1S/C12H11BrClN3O3S/c1-7-5-11(20-2)16-12(15-7)17-21(18,19)8-3-4-10(14)9(13)6-8/h3-6H,1-2H3,(H,15,16,17). The Balaban J connectivity index is 2.37. The molecule has 0 bridgehead atoms. The van der Waals surface area contributed by atoms with Crippen molar-refractivity contribution >= 4 is 43.5 Å². The lowest BCUT2D eigenvalue weighted by Gasteiger charge is -2.09. The summed E-state index contributed by atoms with van der Waals surface area (Å²) in [5, 5.41) is 0.419. The van der Waals surface area contributed by atoms with Crippen LogP contribution in [0.5, 0.6) is 5.88 Å². The molecule has 9 heteroatoms. The van der Waals surface area contributed by atoms with Crippen molar-refractivity contribution in [2.75, 3.05) is 11.8 Å². The number of benzene rings is 1. The van der Waals surface area contributed by atoms with Gasteiger partial charge in [0.15, 0.2) is 0 Å². The third kappa shape index (κ3) is 3.84. The van der Waals surface area contributed by atoms with Gasteiger partial charge in [-0.15, -0.1) is 0 Å². The fraction of sp³-hybridized carbons (Fsp3) is 0.167. The molecule has 1 heterocycles. The van der Waals surface area contributed by atoms with E-state index in [-0.39, 0.29) is 16.7 Å². The van der Waals surface area contributed by atoms with E-state index in [0.717, 1.165) is 0 Å². The zero-order chi connectivity index (χ0) is 15.6. The van der Waals surface area contributed by atoms with E-state index in [2.05, 4.69) is 30.6 Å². The summed E-state index contributed by atoms with van der Waals surface area (Å²) in [5.74, 6) is 0.218. The molecule has 1 aromatic heterocycles. The topological polar surface area (TPSA) is 81.2 Å². The van der Waals surface area contributed by atoms with Crippen molar-refractivity contribution < 1.29 is 13.2 Å². The number of aromatic nitrogens is 2. The summed E-state index contributed by atoms with van der Waals surface area (Å²) in [6.07, 6.45) is 0. The number of hydrogen-bond donors (Lipinski definition) is 1. The van der Waals surface area contributed by atoms with Crippen molar-refractivity contribution in [1.29, 1.82) is 0 Å². The molecule has 112 valence electrons. The number of rotatable bonds is 4. The number of hydrogen-bond acceptors (Lipinski definition) is 5. The third-order valence-electron chi connectivity index (χ3n) is 2.47. The van der Waals surface area contributed by atoms with Gasteiger partial charge in [0.25, 0.3) is 10.0 Å². The van der Waals surface area contributed by atoms with Crippen molar-refractivity contribution in [3.05, 3.63) is 39.5 Å². The molecule has 0 atom stereocenters. The minimum Gasteiger partial charge on any atom is -0.481 e. The summed E-state index contributed by atoms with van der Waals surface area (Å²) in [6, 6.07) is 5.87. The van der Waals surface area contributed by atoms with Gasteiger partial charge in [0.05, 0.1) is 17.0 Å². The normalized spacial score (nSPS) is 11.2. The van der Waals surface area contributed by atoms with Crippen LogP contribution in [0.15, 0.2) is 33.6 Å². The van der Waals surface area contributed by atoms with Crippen molar-refractivity contribution in [2.45, 2.75) is 11.8 Å². The first-order chi connectivity index (χ1) is 9.81. The molecule has 2 rings (SSSR count). The molecule has 1 N–H and O–H groups in total. The van der Waals surface area contributed by atoms with Gasteiger partial charge >= 0.3 is 0 Å². The number of anilines is 1. The number of sulfonamides is 1. The summed E-state index contributed by atoms with van der Waals surface area (Å²) >= 11 is 9.03. The van der Waals surface area contributed by atoms with Crippen LogP contribution in [0, 0.1) is 6.92 Å². The largest absolute Gasteiger partial charge is 0.481 e. The zero-order valence-electron chi connectivity index (χ0n) is 11.1. The smallest absolute Gasteiger partial charge is 0.264 e. The van der Waals surface area contributed by atoms with E-state index < -0.39 is 10.0 Å². The van der Waals surface area contributed by atoms with Gasteiger partial charge in [0.2, 0.25) is 11.8 Å². The van der Waals surface area contributed by atoms with Gasteiger partial charge < -0.3 is 4.74 Å². The lowest BCUT2D eigenvalue weighted by Crippen LogP contribution is -2.15. The maximum atomic E-state index is 12.3. The van der Waals surface area contributed by atoms with Gasteiger partial charge in [0.1, 0.15) is 0 Å². The molecule has 0 saturated heterocycles. The predicted molar refractivity (Wildman–Crippen MR) is 83.3 cm³/mol. The van der Waals surface area contributed by atoms with Crippen LogP contribution < -0.4 is 9.46 Å². The fourth-order valence-electron chi connectivity index (χ4n) is 1.51. The van der Waals surface area contributed by atoms with E-state index >= 15 is 0 Å². The maximum absolute atomic E-state index is 12.3. The Morgan fingerprint density at radius 3 is 2.62 bits per heavy atom. The van der Waals surface area contributed by atoms with Gasteiger partial charge in [-0.2, -0.15) is 4.98 Å². The Kier molecular flexibility index (Phi) is 4.70. The molecule has 0 radical (unpaired) electrons. The monoisotopic (exact) mass is 391 g/mol. The number of halogens is 2. The van der Waals surface area contributed by atoms with Crippen LogP contribution >= 0.6 is 27.5 Å². The van der Waals surface area contributed by atoms with Gasteiger partial charge in [-0.25, -0.2) is 18.1 Å². The molecule has 0 aliphatic carbocycles. The first kappa shape index (κ1) is 16.0. The molecule has 21 heavy (non-hydrogen) atoms. The van der Waals surface area contributed by atoms with E-state index in [1.54, 1.807) is 13.0 Å². The Morgan fingerprint density at radius 1 is 1.29 bits per heavy atom. The first-order valence-electron chi connectivity index (χ1n) is 5.69. The van der Waals surface area contributed by atoms with E-state index in [4.69, 9.17) is 16.3 Å². The molecular weight excluding hydrogens is 382 g/mol. The molecule has 0 amide bonds. The second-order valence-electron chi connectivity index (χ2n) is 4.06. The zero-order valence-corrected chi connectivity index (χ0v) is 14.3. The van der Waals surface area contributed by atoms with Crippen molar-refractivity contribution in [3.8, 4) is 5.88 Å². The van der Waals surface area contributed by atoms with Crippen LogP contribution in [0.2, 0.25) is 5.02 Å². The number of nitrogens with one attached hydrogen (secondary N) is 1. The van der Waals surface area contributed by atoms with Gasteiger partial charge in [-0.3, -0.25) is 0 Å². The van der Waals surface area contributed by atoms with E-state index in [9.17, 15) is 8.42 Å². The number of ether oxygens (including phenoxy) is 1. The minimum atomic E-state index is -3.81. The molecule has 0 unspecified atom stereocenters.